The summed E-state index contributed by atoms with van der Waals surface area (Å²) in [5.41, 5.74) is 1.06. The molecule has 0 bridgehead atoms. The molecule has 7 nitrogen and oxygen atoms in total. The molecule has 138 valence electrons. The van der Waals surface area contributed by atoms with Crippen LogP contribution in [0.2, 0.25) is 0 Å². The number of nitrogens with zero attached hydrogens (tertiary/aromatic N) is 4. The van der Waals surface area contributed by atoms with Gasteiger partial charge in [0.05, 0.1) is 19.4 Å². The zero-order valence-electron chi connectivity index (χ0n) is 14.5. The number of hydrogen-bond acceptors (Lipinski definition) is 7. The molecule has 26 heavy (non-hydrogen) atoms. The van der Waals surface area contributed by atoms with E-state index in [0.717, 1.165) is 43.7 Å². The lowest BCUT2D eigenvalue weighted by molar-refractivity contribution is -0.169. The summed E-state index contributed by atoms with van der Waals surface area (Å²) in [7, 11) is 0. The summed E-state index contributed by atoms with van der Waals surface area (Å²) < 4.78 is 24.4. The number of rotatable bonds is 5. The first kappa shape index (κ1) is 17.1. The Bertz CT molecular complexity index is 727. The van der Waals surface area contributed by atoms with Crippen molar-refractivity contribution in [1.82, 2.24) is 15.2 Å². The molecule has 0 atom stereocenters. The standard InChI is InChI=1S/C18H22FN5O2/c19-15-3-1-14(2-4-15)5-8-20-17-22-16(13-21-23-17)24-9-6-18(7-10-24)25-11-12-26-18/h1-4,13H,5-12H2,(H,20,22,23). The fraction of sp³-hybridized carbons (Fsp3) is 0.500. The first-order valence-corrected chi connectivity index (χ1v) is 8.93. The smallest absolute Gasteiger partial charge is 0.244 e. The molecule has 0 amide bonds. The Morgan fingerprint density at radius 2 is 1.85 bits per heavy atom. The van der Waals surface area contributed by atoms with Crippen LogP contribution >= 0.6 is 0 Å². The highest BCUT2D eigenvalue weighted by Crippen LogP contribution is 2.32. The van der Waals surface area contributed by atoms with Crippen molar-refractivity contribution in [2.24, 2.45) is 0 Å². The van der Waals surface area contributed by atoms with Crippen LogP contribution in [0.5, 0.6) is 0 Å². The van der Waals surface area contributed by atoms with Crippen molar-refractivity contribution in [3.05, 3.63) is 41.8 Å². The summed E-state index contributed by atoms with van der Waals surface area (Å²) in [5, 5.41) is 11.3. The van der Waals surface area contributed by atoms with Crippen LogP contribution in [0.1, 0.15) is 18.4 Å². The number of aromatic nitrogens is 3. The van der Waals surface area contributed by atoms with E-state index in [1.807, 2.05) is 0 Å². The number of nitrogens with one attached hydrogen (secondary N) is 1. The van der Waals surface area contributed by atoms with E-state index >= 15 is 0 Å². The van der Waals surface area contributed by atoms with Crippen molar-refractivity contribution in [1.29, 1.82) is 0 Å². The topological polar surface area (TPSA) is 72.4 Å². The van der Waals surface area contributed by atoms with Gasteiger partial charge in [0, 0.05) is 32.5 Å². The normalized spacial score (nSPS) is 19.0. The van der Waals surface area contributed by atoms with Crippen molar-refractivity contribution in [3.8, 4) is 0 Å². The Morgan fingerprint density at radius 1 is 1.12 bits per heavy atom. The molecule has 1 aromatic heterocycles. The Labute approximate surface area is 151 Å². The zero-order chi connectivity index (χ0) is 17.8. The molecule has 1 N–H and O–H groups in total. The van der Waals surface area contributed by atoms with E-state index in [0.29, 0.717) is 25.7 Å². The van der Waals surface area contributed by atoms with E-state index in [9.17, 15) is 4.39 Å². The van der Waals surface area contributed by atoms with Gasteiger partial charge in [0.2, 0.25) is 5.95 Å². The second-order valence-electron chi connectivity index (χ2n) is 6.54. The Morgan fingerprint density at radius 3 is 2.58 bits per heavy atom. The number of piperidine rings is 1. The number of ether oxygens (including phenoxy) is 2. The third-order valence-corrected chi connectivity index (χ3v) is 4.82. The van der Waals surface area contributed by atoms with Gasteiger partial charge >= 0.3 is 0 Å². The van der Waals surface area contributed by atoms with Crippen molar-refractivity contribution in [3.63, 3.8) is 0 Å². The highest BCUT2D eigenvalue weighted by Gasteiger charge is 2.40. The van der Waals surface area contributed by atoms with Gasteiger partial charge in [-0.25, -0.2) is 4.39 Å². The molecule has 2 aliphatic heterocycles. The second-order valence-corrected chi connectivity index (χ2v) is 6.54. The van der Waals surface area contributed by atoms with Crippen LogP contribution in [0.25, 0.3) is 0 Å². The molecule has 3 heterocycles. The minimum Gasteiger partial charge on any atom is -0.355 e. The van der Waals surface area contributed by atoms with Gasteiger partial charge < -0.3 is 19.7 Å². The second kappa shape index (κ2) is 7.51. The lowest BCUT2D eigenvalue weighted by Crippen LogP contribution is -2.45. The molecule has 1 spiro atoms. The summed E-state index contributed by atoms with van der Waals surface area (Å²) >= 11 is 0. The number of benzene rings is 1. The number of hydrogen-bond donors (Lipinski definition) is 1. The molecule has 2 fully saturated rings. The summed E-state index contributed by atoms with van der Waals surface area (Å²) in [5.74, 6) is 0.682. The molecule has 0 unspecified atom stereocenters. The highest BCUT2D eigenvalue weighted by atomic mass is 19.1. The predicted molar refractivity (Wildman–Crippen MR) is 94.5 cm³/mol. The quantitative estimate of drug-likeness (QED) is 0.875. The number of anilines is 2. The molecule has 8 heteroatoms. The van der Waals surface area contributed by atoms with Crippen molar-refractivity contribution >= 4 is 11.8 Å². The van der Waals surface area contributed by atoms with Crippen molar-refractivity contribution in [2.75, 3.05) is 43.1 Å². The maximum atomic E-state index is 12.9. The average molecular weight is 359 g/mol. The molecular weight excluding hydrogens is 337 g/mol. The minimum absolute atomic E-state index is 0.223. The Balaban J connectivity index is 1.31. The third kappa shape index (κ3) is 3.91. The summed E-state index contributed by atoms with van der Waals surface area (Å²) in [6.07, 6.45) is 4.09. The third-order valence-electron chi connectivity index (χ3n) is 4.82. The minimum atomic E-state index is -0.396. The van der Waals surface area contributed by atoms with Gasteiger partial charge in [-0.1, -0.05) is 12.1 Å². The fourth-order valence-corrected chi connectivity index (χ4v) is 3.35. The van der Waals surface area contributed by atoms with Crippen molar-refractivity contribution in [2.45, 2.75) is 25.0 Å². The Hall–Kier alpha value is -2.32. The highest BCUT2D eigenvalue weighted by molar-refractivity contribution is 5.41. The predicted octanol–water partition coefficient (Wildman–Crippen LogP) is 2.01. The molecule has 0 saturated carbocycles. The zero-order valence-corrected chi connectivity index (χ0v) is 14.5. The summed E-state index contributed by atoms with van der Waals surface area (Å²) in [6, 6.07) is 6.50. The van der Waals surface area contributed by atoms with Crippen LogP contribution in [0.3, 0.4) is 0 Å². The maximum absolute atomic E-state index is 12.9. The van der Waals surface area contributed by atoms with Crippen molar-refractivity contribution < 1.29 is 13.9 Å². The van der Waals surface area contributed by atoms with E-state index in [1.54, 1.807) is 18.3 Å². The average Bonchev–Trinajstić information content (AvgIpc) is 3.12. The molecule has 2 aromatic rings. The molecular formula is C18H22FN5O2. The molecule has 0 aliphatic carbocycles. The van der Waals surface area contributed by atoms with Gasteiger partial charge in [-0.05, 0) is 24.1 Å². The molecule has 4 rings (SSSR count). The van der Waals surface area contributed by atoms with Gasteiger partial charge in [0.1, 0.15) is 5.82 Å². The SMILES string of the molecule is Fc1ccc(CCNc2nncc(N3CCC4(CC3)OCCO4)n2)cc1. The number of halogens is 1. The monoisotopic (exact) mass is 359 g/mol. The largest absolute Gasteiger partial charge is 0.355 e. The van der Waals surface area contributed by atoms with Crippen LogP contribution in [0, 0.1) is 5.82 Å². The molecule has 2 aliphatic rings. The van der Waals surface area contributed by atoms with Crippen LogP contribution in [-0.4, -0.2) is 53.8 Å². The maximum Gasteiger partial charge on any atom is 0.244 e. The first-order valence-electron chi connectivity index (χ1n) is 8.93. The van der Waals surface area contributed by atoms with Gasteiger partial charge in [-0.15, -0.1) is 5.10 Å². The van der Waals surface area contributed by atoms with Crippen LogP contribution in [0.15, 0.2) is 30.5 Å². The van der Waals surface area contributed by atoms with Crippen LogP contribution in [0.4, 0.5) is 16.2 Å². The van der Waals surface area contributed by atoms with E-state index in [4.69, 9.17) is 9.47 Å². The van der Waals surface area contributed by atoms with E-state index in [1.165, 1.54) is 12.1 Å². The lowest BCUT2D eigenvalue weighted by Gasteiger charge is -2.37. The molecule has 0 radical (unpaired) electrons. The van der Waals surface area contributed by atoms with E-state index in [-0.39, 0.29) is 5.82 Å². The Kier molecular flexibility index (Phi) is 4.94. The van der Waals surface area contributed by atoms with E-state index < -0.39 is 5.79 Å². The lowest BCUT2D eigenvalue weighted by atomic mass is 10.0. The summed E-state index contributed by atoms with van der Waals surface area (Å²) in [6.45, 7) is 3.64. The van der Waals surface area contributed by atoms with E-state index in [2.05, 4.69) is 25.4 Å². The summed E-state index contributed by atoms with van der Waals surface area (Å²) in [4.78, 5) is 6.73. The molecule has 2 saturated heterocycles. The van der Waals surface area contributed by atoms with Gasteiger partial charge in [0.15, 0.2) is 11.6 Å². The first-order chi connectivity index (χ1) is 12.7. The van der Waals surface area contributed by atoms with Crippen LogP contribution in [-0.2, 0) is 15.9 Å². The van der Waals surface area contributed by atoms with Crippen LogP contribution < -0.4 is 10.2 Å². The fourth-order valence-electron chi connectivity index (χ4n) is 3.35. The van der Waals surface area contributed by atoms with Gasteiger partial charge in [-0.2, -0.15) is 10.1 Å². The van der Waals surface area contributed by atoms with Gasteiger partial charge in [-0.3, -0.25) is 0 Å². The molecule has 1 aromatic carbocycles. The van der Waals surface area contributed by atoms with Gasteiger partial charge in [0.25, 0.3) is 0 Å².